The van der Waals surface area contributed by atoms with Crippen LogP contribution in [0.3, 0.4) is 0 Å². The molecule has 1 aromatic heterocycles. The van der Waals surface area contributed by atoms with Crippen molar-refractivity contribution in [2.45, 2.75) is 44.8 Å². The molecule has 3 rings (SSSR count). The topological polar surface area (TPSA) is 26.7 Å². The second kappa shape index (κ2) is 6.93. The molecule has 2 aliphatic rings. The minimum Gasteiger partial charge on any atom is -0.395 e. The smallest absolute Gasteiger partial charge is 0.0540 e. The average Bonchev–Trinajstić information content (AvgIpc) is 3.09. The molecule has 1 aromatic rings. The van der Waals surface area contributed by atoms with Gasteiger partial charge in [0.2, 0.25) is 0 Å². The first-order valence-corrected chi connectivity index (χ1v) is 8.80. The van der Waals surface area contributed by atoms with E-state index in [4.69, 9.17) is 5.11 Å². The molecule has 1 N–H and O–H groups in total. The monoisotopic (exact) mass is 304 g/mol. The minimum absolute atomic E-state index is 0.146. The normalized spacial score (nSPS) is 26.4. The standard InChI is InChI=1S/C17H24N2OS/c1-14-11-18-8-4-6-16(18)12-19(14)13-17-15(7-10-21-17)5-2-3-9-20/h7,10,14,16,20H,3-4,6,8-9,11-13H2,1H3. The van der Waals surface area contributed by atoms with E-state index in [0.29, 0.717) is 12.5 Å². The van der Waals surface area contributed by atoms with Gasteiger partial charge in [-0.1, -0.05) is 11.8 Å². The third kappa shape index (κ3) is 3.49. The van der Waals surface area contributed by atoms with Crippen LogP contribution >= 0.6 is 11.3 Å². The van der Waals surface area contributed by atoms with E-state index in [-0.39, 0.29) is 6.61 Å². The summed E-state index contributed by atoms with van der Waals surface area (Å²) in [6.07, 6.45) is 3.28. The van der Waals surface area contributed by atoms with Gasteiger partial charge in [0.25, 0.3) is 0 Å². The summed E-state index contributed by atoms with van der Waals surface area (Å²) in [5, 5.41) is 11.0. The first-order chi connectivity index (χ1) is 10.3. The average molecular weight is 304 g/mol. The highest BCUT2D eigenvalue weighted by atomic mass is 32.1. The summed E-state index contributed by atoms with van der Waals surface area (Å²) in [4.78, 5) is 6.66. The zero-order chi connectivity index (χ0) is 14.7. The molecule has 0 spiro atoms. The van der Waals surface area contributed by atoms with E-state index in [1.165, 1.54) is 37.4 Å². The van der Waals surface area contributed by atoms with Crippen LogP contribution in [-0.2, 0) is 6.54 Å². The first-order valence-electron chi connectivity index (χ1n) is 7.92. The molecular formula is C17H24N2OS. The summed E-state index contributed by atoms with van der Waals surface area (Å²) in [5.41, 5.74) is 1.15. The van der Waals surface area contributed by atoms with Crippen LogP contribution in [0.15, 0.2) is 11.4 Å². The van der Waals surface area contributed by atoms with E-state index in [1.807, 2.05) is 11.3 Å². The van der Waals surface area contributed by atoms with E-state index < -0.39 is 0 Å². The highest BCUT2D eigenvalue weighted by molar-refractivity contribution is 7.10. The molecule has 21 heavy (non-hydrogen) atoms. The second-order valence-electron chi connectivity index (χ2n) is 6.10. The van der Waals surface area contributed by atoms with Gasteiger partial charge in [-0.05, 0) is 37.8 Å². The van der Waals surface area contributed by atoms with Crippen molar-refractivity contribution in [1.82, 2.24) is 9.80 Å². The fourth-order valence-corrected chi connectivity index (χ4v) is 4.30. The molecular weight excluding hydrogens is 280 g/mol. The van der Waals surface area contributed by atoms with E-state index in [0.717, 1.165) is 18.2 Å². The van der Waals surface area contributed by atoms with Crippen LogP contribution in [0.5, 0.6) is 0 Å². The Morgan fingerprint density at radius 2 is 2.33 bits per heavy atom. The molecule has 2 fully saturated rings. The predicted molar refractivity (Wildman–Crippen MR) is 87.4 cm³/mol. The van der Waals surface area contributed by atoms with Gasteiger partial charge in [0.05, 0.1) is 6.61 Å². The van der Waals surface area contributed by atoms with Crippen LogP contribution in [0.25, 0.3) is 0 Å². The Labute approximate surface area is 131 Å². The molecule has 2 aliphatic heterocycles. The van der Waals surface area contributed by atoms with E-state index in [9.17, 15) is 0 Å². The van der Waals surface area contributed by atoms with Gasteiger partial charge in [0, 0.05) is 48.6 Å². The molecule has 2 saturated heterocycles. The van der Waals surface area contributed by atoms with Crippen molar-refractivity contribution in [3.63, 3.8) is 0 Å². The van der Waals surface area contributed by atoms with Gasteiger partial charge in [-0.3, -0.25) is 9.80 Å². The van der Waals surface area contributed by atoms with E-state index in [2.05, 4.69) is 40.0 Å². The van der Waals surface area contributed by atoms with Crippen molar-refractivity contribution in [3.8, 4) is 11.8 Å². The SMILES string of the molecule is CC1CN2CCCC2CN1Cc1sccc1C#CCCO. The molecule has 4 heteroatoms. The third-order valence-electron chi connectivity index (χ3n) is 4.62. The molecule has 2 unspecified atom stereocenters. The van der Waals surface area contributed by atoms with Crippen LogP contribution < -0.4 is 0 Å². The van der Waals surface area contributed by atoms with Gasteiger partial charge in [-0.2, -0.15) is 0 Å². The number of nitrogens with zero attached hydrogens (tertiary/aromatic N) is 2. The lowest BCUT2D eigenvalue weighted by Gasteiger charge is -2.42. The first kappa shape index (κ1) is 15.1. The molecule has 114 valence electrons. The molecule has 0 bridgehead atoms. The van der Waals surface area contributed by atoms with Crippen molar-refractivity contribution in [2.24, 2.45) is 0 Å². The maximum Gasteiger partial charge on any atom is 0.0540 e. The molecule has 0 aromatic carbocycles. The lowest BCUT2D eigenvalue weighted by Crippen LogP contribution is -2.54. The number of rotatable bonds is 3. The Kier molecular flexibility index (Phi) is 4.97. The van der Waals surface area contributed by atoms with Gasteiger partial charge < -0.3 is 5.11 Å². The molecule has 3 heterocycles. The van der Waals surface area contributed by atoms with Crippen molar-refractivity contribution in [2.75, 3.05) is 26.2 Å². The summed E-state index contributed by atoms with van der Waals surface area (Å²) >= 11 is 1.81. The van der Waals surface area contributed by atoms with Crippen molar-refractivity contribution >= 4 is 11.3 Å². The Morgan fingerprint density at radius 1 is 1.43 bits per heavy atom. The molecule has 0 radical (unpaired) electrons. The summed E-state index contributed by atoms with van der Waals surface area (Å²) in [6, 6.07) is 3.51. The van der Waals surface area contributed by atoms with Crippen molar-refractivity contribution in [3.05, 3.63) is 21.9 Å². The fourth-order valence-electron chi connectivity index (χ4n) is 3.44. The van der Waals surface area contributed by atoms with Gasteiger partial charge in [-0.15, -0.1) is 11.3 Å². The molecule has 0 amide bonds. The van der Waals surface area contributed by atoms with Gasteiger partial charge in [-0.25, -0.2) is 0 Å². The van der Waals surface area contributed by atoms with Gasteiger partial charge in [0.1, 0.15) is 0 Å². The zero-order valence-corrected chi connectivity index (χ0v) is 13.5. The van der Waals surface area contributed by atoms with Crippen LogP contribution in [0.4, 0.5) is 0 Å². The second-order valence-corrected chi connectivity index (χ2v) is 7.10. The maximum absolute atomic E-state index is 8.83. The highest BCUT2D eigenvalue weighted by Crippen LogP contribution is 2.27. The van der Waals surface area contributed by atoms with E-state index in [1.54, 1.807) is 0 Å². The van der Waals surface area contributed by atoms with Crippen molar-refractivity contribution in [1.29, 1.82) is 0 Å². The Balaban J connectivity index is 1.66. The Bertz CT molecular complexity index is 530. The fraction of sp³-hybridized carbons (Fsp3) is 0.647. The molecule has 0 aliphatic carbocycles. The molecule has 3 nitrogen and oxygen atoms in total. The molecule has 0 saturated carbocycles. The number of hydrogen-bond acceptors (Lipinski definition) is 4. The number of piperazine rings is 1. The van der Waals surface area contributed by atoms with E-state index >= 15 is 0 Å². The lowest BCUT2D eigenvalue weighted by molar-refractivity contribution is 0.0547. The number of hydrogen-bond donors (Lipinski definition) is 1. The Hall–Kier alpha value is -0.860. The third-order valence-corrected chi connectivity index (χ3v) is 5.52. The summed E-state index contributed by atoms with van der Waals surface area (Å²) in [6.45, 7) is 7.21. The van der Waals surface area contributed by atoms with Crippen LogP contribution in [0, 0.1) is 11.8 Å². The lowest BCUT2D eigenvalue weighted by atomic mass is 10.1. The van der Waals surface area contributed by atoms with Gasteiger partial charge in [0.15, 0.2) is 0 Å². The van der Waals surface area contributed by atoms with Crippen molar-refractivity contribution < 1.29 is 5.11 Å². The number of fused-ring (bicyclic) bond motifs is 1. The number of aliphatic hydroxyl groups is 1. The zero-order valence-electron chi connectivity index (χ0n) is 12.7. The quantitative estimate of drug-likeness (QED) is 0.867. The molecule has 2 atom stereocenters. The van der Waals surface area contributed by atoms with Crippen LogP contribution in [-0.4, -0.2) is 53.2 Å². The number of aliphatic hydroxyl groups excluding tert-OH is 1. The van der Waals surface area contributed by atoms with Crippen LogP contribution in [0.1, 0.15) is 36.6 Å². The summed E-state index contributed by atoms with van der Waals surface area (Å²) in [7, 11) is 0. The highest BCUT2D eigenvalue weighted by Gasteiger charge is 2.34. The largest absolute Gasteiger partial charge is 0.395 e. The number of thiophene rings is 1. The predicted octanol–water partition coefficient (Wildman–Crippen LogP) is 2.15. The van der Waals surface area contributed by atoms with Gasteiger partial charge >= 0.3 is 0 Å². The Morgan fingerprint density at radius 3 is 3.19 bits per heavy atom. The van der Waals surface area contributed by atoms with Crippen LogP contribution in [0.2, 0.25) is 0 Å². The summed E-state index contributed by atoms with van der Waals surface area (Å²) in [5.74, 6) is 6.25. The minimum atomic E-state index is 0.146. The maximum atomic E-state index is 8.83. The summed E-state index contributed by atoms with van der Waals surface area (Å²) < 4.78 is 0.